The molecule has 0 bridgehead atoms. The van der Waals surface area contributed by atoms with Crippen LogP contribution < -0.4 is 4.72 Å². The largest absolute Gasteiger partial charge is 0.494 e. The van der Waals surface area contributed by atoms with E-state index in [1.54, 1.807) is 12.2 Å². The van der Waals surface area contributed by atoms with E-state index in [0.717, 1.165) is 0 Å². The second-order valence-corrected chi connectivity index (χ2v) is 1.81. The molecule has 0 aromatic carbocycles. The first-order valence-electron chi connectivity index (χ1n) is 1.87. The Bertz CT molecular complexity index is 119. The summed E-state index contributed by atoms with van der Waals surface area (Å²) in [6, 6.07) is 0. The van der Waals surface area contributed by atoms with E-state index in [1.165, 1.54) is 11.9 Å². The predicted octanol–water partition coefficient (Wildman–Crippen LogP) is 1.15. The molecule has 1 heterocycles. The van der Waals surface area contributed by atoms with Crippen LogP contribution in [0.2, 0.25) is 0 Å². The van der Waals surface area contributed by atoms with E-state index in [4.69, 9.17) is 5.11 Å². The lowest BCUT2D eigenvalue weighted by atomic mass is 10.6. The Labute approximate surface area is 46.1 Å². The first-order valence-corrected chi connectivity index (χ1v) is 2.75. The molecule has 3 heteroatoms. The van der Waals surface area contributed by atoms with Crippen molar-refractivity contribution in [2.24, 2.45) is 0 Å². The van der Waals surface area contributed by atoms with Gasteiger partial charge >= 0.3 is 0 Å². The molecule has 2 nitrogen and oxygen atoms in total. The van der Waals surface area contributed by atoms with Crippen LogP contribution in [0.25, 0.3) is 0 Å². The summed E-state index contributed by atoms with van der Waals surface area (Å²) in [6.45, 7) is 0. The minimum absolute atomic E-state index is 0.215. The smallest absolute Gasteiger partial charge is 0.194 e. The molecule has 0 saturated heterocycles. The van der Waals surface area contributed by atoms with Crippen LogP contribution in [0, 0.1) is 0 Å². The molecule has 0 aromatic heterocycles. The molecule has 0 amide bonds. The fourth-order valence-electron chi connectivity index (χ4n) is 0.298. The standard InChI is InChI=1S/C4H5NOS/c6-4-2-1-3-7-5-4/h1-3,5-6H. The average molecular weight is 115 g/mol. The zero-order chi connectivity index (χ0) is 5.11. The van der Waals surface area contributed by atoms with Gasteiger partial charge in [-0.2, -0.15) is 0 Å². The maximum Gasteiger partial charge on any atom is 0.194 e. The van der Waals surface area contributed by atoms with E-state index >= 15 is 0 Å². The van der Waals surface area contributed by atoms with E-state index in [0.29, 0.717) is 0 Å². The summed E-state index contributed by atoms with van der Waals surface area (Å²) >= 11 is 1.35. The second-order valence-electron chi connectivity index (χ2n) is 1.10. The molecular weight excluding hydrogens is 110 g/mol. The summed E-state index contributed by atoms with van der Waals surface area (Å²) in [5.74, 6) is 0.215. The van der Waals surface area contributed by atoms with Crippen molar-refractivity contribution in [2.45, 2.75) is 0 Å². The number of hydrogen-bond acceptors (Lipinski definition) is 3. The molecule has 0 radical (unpaired) electrons. The van der Waals surface area contributed by atoms with Gasteiger partial charge in [-0.1, -0.05) is 0 Å². The lowest BCUT2D eigenvalue weighted by Crippen LogP contribution is -2.01. The Morgan fingerprint density at radius 2 is 2.57 bits per heavy atom. The van der Waals surface area contributed by atoms with Gasteiger partial charge in [-0.15, -0.1) is 0 Å². The van der Waals surface area contributed by atoms with Crippen molar-refractivity contribution in [3.63, 3.8) is 0 Å². The van der Waals surface area contributed by atoms with Gasteiger partial charge in [0, 0.05) is 0 Å². The summed E-state index contributed by atoms with van der Waals surface area (Å²) < 4.78 is 2.63. The Morgan fingerprint density at radius 1 is 1.71 bits per heavy atom. The van der Waals surface area contributed by atoms with E-state index in [1.807, 2.05) is 5.41 Å². The molecule has 1 aliphatic rings. The highest BCUT2D eigenvalue weighted by atomic mass is 32.2. The van der Waals surface area contributed by atoms with E-state index < -0.39 is 0 Å². The Hall–Kier alpha value is -0.570. The zero-order valence-electron chi connectivity index (χ0n) is 3.59. The van der Waals surface area contributed by atoms with Gasteiger partial charge in [0.15, 0.2) is 5.88 Å². The number of hydrogen-bond donors (Lipinski definition) is 2. The van der Waals surface area contributed by atoms with Gasteiger partial charge in [-0.05, 0) is 29.5 Å². The molecule has 38 valence electrons. The average Bonchev–Trinajstić information content (AvgIpc) is 1.69. The van der Waals surface area contributed by atoms with Gasteiger partial charge in [0.25, 0.3) is 0 Å². The Balaban J connectivity index is 2.57. The fraction of sp³-hybridized carbons (Fsp3) is 0. The normalized spacial score (nSPS) is 18.0. The topological polar surface area (TPSA) is 32.3 Å². The fourth-order valence-corrected chi connectivity index (χ4v) is 0.712. The van der Waals surface area contributed by atoms with Gasteiger partial charge in [-0.25, -0.2) is 0 Å². The van der Waals surface area contributed by atoms with Gasteiger partial charge in [0.05, 0.1) is 0 Å². The van der Waals surface area contributed by atoms with Crippen molar-refractivity contribution < 1.29 is 5.11 Å². The van der Waals surface area contributed by atoms with Gasteiger partial charge in [0.1, 0.15) is 0 Å². The third kappa shape index (κ3) is 1.16. The summed E-state index contributed by atoms with van der Waals surface area (Å²) in [7, 11) is 0. The number of rotatable bonds is 0. The SMILES string of the molecule is OC1=CC=CSN1. The molecule has 0 aliphatic carbocycles. The highest BCUT2D eigenvalue weighted by molar-refractivity contribution is 8.00. The van der Waals surface area contributed by atoms with Crippen molar-refractivity contribution >= 4 is 11.9 Å². The molecule has 2 N–H and O–H groups in total. The number of nitrogens with one attached hydrogen (secondary N) is 1. The highest BCUT2D eigenvalue weighted by Gasteiger charge is 1.89. The first-order chi connectivity index (χ1) is 3.39. The maximum atomic E-state index is 8.59. The third-order valence-corrected chi connectivity index (χ3v) is 1.18. The summed E-state index contributed by atoms with van der Waals surface area (Å²) in [5.41, 5.74) is 0. The number of aliphatic hydroxyl groups excluding tert-OH is 1. The van der Waals surface area contributed by atoms with Crippen LogP contribution >= 0.6 is 11.9 Å². The van der Waals surface area contributed by atoms with Crippen LogP contribution in [-0.2, 0) is 0 Å². The number of allylic oxidation sites excluding steroid dienone is 2. The van der Waals surface area contributed by atoms with Crippen molar-refractivity contribution in [1.82, 2.24) is 4.72 Å². The van der Waals surface area contributed by atoms with E-state index in [9.17, 15) is 0 Å². The summed E-state index contributed by atoms with van der Waals surface area (Å²) in [4.78, 5) is 0. The zero-order valence-corrected chi connectivity index (χ0v) is 4.40. The maximum absolute atomic E-state index is 8.59. The Morgan fingerprint density at radius 3 is 2.86 bits per heavy atom. The number of aliphatic hydroxyl groups is 1. The molecule has 1 rings (SSSR count). The molecule has 0 fully saturated rings. The summed E-state index contributed by atoms with van der Waals surface area (Å²) in [6.07, 6.45) is 3.37. The molecule has 0 aromatic rings. The van der Waals surface area contributed by atoms with Crippen LogP contribution in [0.5, 0.6) is 0 Å². The van der Waals surface area contributed by atoms with Gasteiger partial charge < -0.3 is 5.11 Å². The van der Waals surface area contributed by atoms with Crippen LogP contribution in [0.15, 0.2) is 23.4 Å². The van der Waals surface area contributed by atoms with Crippen LogP contribution in [0.4, 0.5) is 0 Å². The van der Waals surface area contributed by atoms with Crippen molar-refractivity contribution in [3.05, 3.63) is 23.4 Å². The molecule has 0 atom stereocenters. The minimum Gasteiger partial charge on any atom is -0.494 e. The Kier molecular flexibility index (Phi) is 1.26. The van der Waals surface area contributed by atoms with Gasteiger partial charge in [0.2, 0.25) is 0 Å². The van der Waals surface area contributed by atoms with Crippen molar-refractivity contribution in [2.75, 3.05) is 0 Å². The molecule has 0 unspecified atom stereocenters. The lowest BCUT2D eigenvalue weighted by molar-refractivity contribution is 0.394. The van der Waals surface area contributed by atoms with Crippen LogP contribution in [0.1, 0.15) is 0 Å². The molecule has 0 spiro atoms. The monoisotopic (exact) mass is 115 g/mol. The predicted molar refractivity (Wildman–Crippen MR) is 30.6 cm³/mol. The third-order valence-electron chi connectivity index (χ3n) is 0.564. The minimum atomic E-state index is 0.215. The molecule has 0 saturated carbocycles. The molecule has 1 aliphatic heterocycles. The first kappa shape index (κ1) is 4.59. The van der Waals surface area contributed by atoms with Crippen molar-refractivity contribution in [1.29, 1.82) is 0 Å². The van der Waals surface area contributed by atoms with Crippen LogP contribution in [0.3, 0.4) is 0 Å². The second kappa shape index (κ2) is 1.93. The quantitative estimate of drug-likeness (QED) is 0.464. The van der Waals surface area contributed by atoms with E-state index in [2.05, 4.69) is 4.72 Å². The highest BCUT2D eigenvalue weighted by Crippen LogP contribution is 2.04. The van der Waals surface area contributed by atoms with Crippen molar-refractivity contribution in [3.8, 4) is 0 Å². The van der Waals surface area contributed by atoms with Crippen LogP contribution in [-0.4, -0.2) is 5.11 Å². The summed E-state index contributed by atoms with van der Waals surface area (Å²) in [5, 5.41) is 10.4. The lowest BCUT2D eigenvalue weighted by Gasteiger charge is -2.00. The molecule has 7 heavy (non-hydrogen) atoms. The van der Waals surface area contributed by atoms with E-state index in [-0.39, 0.29) is 5.88 Å². The van der Waals surface area contributed by atoms with Gasteiger partial charge in [-0.3, -0.25) is 4.72 Å². The molecular formula is C4H5NOS.